The van der Waals surface area contributed by atoms with E-state index >= 15 is 0 Å². The molecule has 0 spiro atoms. The highest BCUT2D eigenvalue weighted by molar-refractivity contribution is 5.87. The summed E-state index contributed by atoms with van der Waals surface area (Å²) in [5.74, 6) is 0.576. The van der Waals surface area contributed by atoms with Crippen molar-refractivity contribution < 1.29 is 22.6 Å². The van der Waals surface area contributed by atoms with Gasteiger partial charge in [0.05, 0.1) is 6.61 Å². The van der Waals surface area contributed by atoms with Crippen LogP contribution in [0.4, 0.5) is 13.2 Å². The first-order valence-electron chi connectivity index (χ1n) is 6.49. The number of fused-ring (bicyclic) bond motifs is 1. The Morgan fingerprint density at radius 2 is 1.76 bits per heavy atom. The van der Waals surface area contributed by atoms with E-state index in [9.17, 15) is 13.2 Å². The smallest absolute Gasteiger partial charge is 0.411 e. The molecule has 0 bridgehead atoms. The predicted molar refractivity (Wildman–Crippen MR) is 74.2 cm³/mol. The maximum Gasteiger partial charge on any atom is 0.411 e. The average Bonchev–Trinajstić information content (AvgIpc) is 2.45. The van der Waals surface area contributed by atoms with Crippen molar-refractivity contribution in [1.29, 1.82) is 0 Å². The Hall–Kier alpha value is -1.79. The van der Waals surface area contributed by atoms with Crippen LogP contribution in [0.3, 0.4) is 0 Å². The molecular formula is C15H16F3NO2. The van der Waals surface area contributed by atoms with Gasteiger partial charge < -0.3 is 15.2 Å². The Kier molecular flexibility index (Phi) is 5.03. The summed E-state index contributed by atoms with van der Waals surface area (Å²) in [5.41, 5.74) is 6.58. The van der Waals surface area contributed by atoms with Gasteiger partial charge in [0.15, 0.2) is 0 Å². The summed E-state index contributed by atoms with van der Waals surface area (Å²) in [5, 5.41) is 2.02. The Morgan fingerprint density at radius 1 is 1.00 bits per heavy atom. The fourth-order valence-corrected chi connectivity index (χ4v) is 2.06. The van der Waals surface area contributed by atoms with Crippen LogP contribution in [0.5, 0.6) is 5.75 Å². The second-order valence-electron chi connectivity index (χ2n) is 4.48. The molecule has 0 atom stereocenters. The molecule has 0 unspecified atom stereocenters. The van der Waals surface area contributed by atoms with Crippen molar-refractivity contribution in [3.05, 3.63) is 42.0 Å². The van der Waals surface area contributed by atoms with E-state index in [0.29, 0.717) is 12.3 Å². The number of nitrogens with two attached hydrogens (primary N) is 1. The van der Waals surface area contributed by atoms with E-state index in [0.717, 1.165) is 16.3 Å². The summed E-state index contributed by atoms with van der Waals surface area (Å²) < 4.78 is 45.7. The first-order chi connectivity index (χ1) is 10.0. The number of alkyl halides is 3. The van der Waals surface area contributed by atoms with E-state index in [4.69, 9.17) is 10.5 Å². The minimum absolute atomic E-state index is 0.0431. The Labute approximate surface area is 120 Å². The number of hydrogen-bond donors (Lipinski definition) is 1. The van der Waals surface area contributed by atoms with E-state index in [-0.39, 0.29) is 13.2 Å². The molecule has 0 fully saturated rings. The molecule has 3 nitrogen and oxygen atoms in total. The van der Waals surface area contributed by atoms with Crippen LogP contribution in [0.25, 0.3) is 10.8 Å². The molecule has 114 valence electrons. The molecule has 0 amide bonds. The third-order valence-electron chi connectivity index (χ3n) is 2.95. The van der Waals surface area contributed by atoms with Crippen molar-refractivity contribution in [3.63, 3.8) is 0 Å². The average molecular weight is 299 g/mol. The van der Waals surface area contributed by atoms with Crippen LogP contribution in [0, 0.1) is 0 Å². The first-order valence-corrected chi connectivity index (χ1v) is 6.49. The number of ether oxygens (including phenoxy) is 2. The molecule has 6 heteroatoms. The van der Waals surface area contributed by atoms with Gasteiger partial charge in [-0.05, 0) is 16.8 Å². The zero-order chi connectivity index (χ0) is 15.3. The van der Waals surface area contributed by atoms with Crippen molar-refractivity contribution in [3.8, 4) is 5.75 Å². The summed E-state index contributed by atoms with van der Waals surface area (Å²) >= 11 is 0. The fourth-order valence-electron chi connectivity index (χ4n) is 2.06. The molecule has 0 saturated carbocycles. The highest BCUT2D eigenvalue weighted by Crippen LogP contribution is 2.27. The monoisotopic (exact) mass is 299 g/mol. The standard InChI is InChI=1S/C15H16F3NO2/c16-15(17,18)10-20-7-8-21-14-6-5-11-3-1-2-4-12(11)13(14)9-19/h1-6H,7-10,19H2. The van der Waals surface area contributed by atoms with Gasteiger partial charge in [-0.15, -0.1) is 0 Å². The summed E-state index contributed by atoms with van der Waals surface area (Å²) in [6.45, 7) is -1.06. The van der Waals surface area contributed by atoms with E-state index < -0.39 is 12.8 Å². The van der Waals surface area contributed by atoms with Gasteiger partial charge in [-0.3, -0.25) is 0 Å². The highest BCUT2D eigenvalue weighted by Gasteiger charge is 2.27. The number of rotatable bonds is 6. The molecule has 0 aliphatic rings. The molecule has 2 rings (SSSR count). The van der Waals surface area contributed by atoms with Crippen LogP contribution >= 0.6 is 0 Å². The number of halogens is 3. The molecule has 2 aromatic rings. The van der Waals surface area contributed by atoms with Crippen LogP contribution in [0.15, 0.2) is 36.4 Å². The molecular weight excluding hydrogens is 283 g/mol. The summed E-state index contributed by atoms with van der Waals surface area (Å²) in [7, 11) is 0. The minimum atomic E-state index is -4.31. The van der Waals surface area contributed by atoms with Gasteiger partial charge in [0, 0.05) is 12.1 Å². The van der Waals surface area contributed by atoms with Gasteiger partial charge in [-0.2, -0.15) is 13.2 Å². The molecule has 0 aliphatic carbocycles. The topological polar surface area (TPSA) is 44.5 Å². The third-order valence-corrected chi connectivity index (χ3v) is 2.95. The lowest BCUT2D eigenvalue weighted by Gasteiger charge is -2.13. The maximum absolute atomic E-state index is 11.9. The molecule has 0 aromatic heterocycles. The number of benzene rings is 2. The van der Waals surface area contributed by atoms with Gasteiger partial charge in [0.25, 0.3) is 0 Å². The fraction of sp³-hybridized carbons (Fsp3) is 0.333. The highest BCUT2D eigenvalue weighted by atomic mass is 19.4. The lowest BCUT2D eigenvalue weighted by atomic mass is 10.0. The summed E-state index contributed by atoms with van der Waals surface area (Å²) in [6, 6.07) is 11.4. The van der Waals surface area contributed by atoms with Crippen LogP contribution in [-0.2, 0) is 11.3 Å². The molecule has 0 saturated heterocycles. The lowest BCUT2D eigenvalue weighted by molar-refractivity contribution is -0.175. The predicted octanol–water partition coefficient (Wildman–Crippen LogP) is 3.26. The molecule has 0 aliphatic heterocycles. The second kappa shape index (κ2) is 6.78. The van der Waals surface area contributed by atoms with Gasteiger partial charge in [0.1, 0.15) is 19.0 Å². The lowest BCUT2D eigenvalue weighted by Crippen LogP contribution is -2.19. The molecule has 2 N–H and O–H groups in total. The van der Waals surface area contributed by atoms with E-state index in [1.165, 1.54) is 0 Å². The van der Waals surface area contributed by atoms with Crippen LogP contribution < -0.4 is 10.5 Å². The quantitative estimate of drug-likeness (QED) is 0.833. The SMILES string of the molecule is NCc1c(OCCOCC(F)(F)F)ccc2ccccc12. The normalized spacial score (nSPS) is 11.8. The maximum atomic E-state index is 11.9. The van der Waals surface area contributed by atoms with Crippen LogP contribution in [0.1, 0.15) is 5.56 Å². The van der Waals surface area contributed by atoms with Gasteiger partial charge in [-0.25, -0.2) is 0 Å². The van der Waals surface area contributed by atoms with Crippen molar-refractivity contribution in [2.75, 3.05) is 19.8 Å². The van der Waals surface area contributed by atoms with Gasteiger partial charge >= 0.3 is 6.18 Å². The van der Waals surface area contributed by atoms with Crippen LogP contribution in [-0.4, -0.2) is 26.0 Å². The second-order valence-corrected chi connectivity index (χ2v) is 4.48. The molecule has 0 radical (unpaired) electrons. The van der Waals surface area contributed by atoms with E-state index in [1.807, 2.05) is 30.3 Å². The molecule has 0 heterocycles. The Bertz CT molecular complexity index is 599. The first kappa shape index (κ1) is 15.6. The Morgan fingerprint density at radius 3 is 2.48 bits per heavy atom. The number of hydrogen-bond acceptors (Lipinski definition) is 3. The summed E-state index contributed by atoms with van der Waals surface area (Å²) in [6.07, 6.45) is -4.31. The van der Waals surface area contributed by atoms with Gasteiger partial charge in [-0.1, -0.05) is 30.3 Å². The molecule has 21 heavy (non-hydrogen) atoms. The minimum Gasteiger partial charge on any atom is -0.491 e. The van der Waals surface area contributed by atoms with Crippen molar-refractivity contribution >= 4 is 10.8 Å². The van der Waals surface area contributed by atoms with Crippen molar-refractivity contribution in [1.82, 2.24) is 0 Å². The zero-order valence-corrected chi connectivity index (χ0v) is 11.3. The van der Waals surface area contributed by atoms with Crippen molar-refractivity contribution in [2.45, 2.75) is 12.7 Å². The Balaban J connectivity index is 1.99. The van der Waals surface area contributed by atoms with Crippen molar-refractivity contribution in [2.24, 2.45) is 5.73 Å². The van der Waals surface area contributed by atoms with E-state index in [1.54, 1.807) is 6.07 Å². The largest absolute Gasteiger partial charge is 0.491 e. The van der Waals surface area contributed by atoms with Crippen LogP contribution in [0.2, 0.25) is 0 Å². The molecule has 2 aromatic carbocycles. The third kappa shape index (κ3) is 4.34. The van der Waals surface area contributed by atoms with E-state index in [2.05, 4.69) is 4.74 Å². The zero-order valence-electron chi connectivity index (χ0n) is 11.3. The van der Waals surface area contributed by atoms with Gasteiger partial charge in [0.2, 0.25) is 0 Å². The summed E-state index contributed by atoms with van der Waals surface area (Å²) in [4.78, 5) is 0.